The summed E-state index contributed by atoms with van der Waals surface area (Å²) in [5.74, 6) is 0.125. The molecular formula is C11H21F3N2S. The Morgan fingerprint density at radius 1 is 1.29 bits per heavy atom. The molecule has 1 atom stereocenters. The quantitative estimate of drug-likeness (QED) is 0.848. The second kappa shape index (κ2) is 5.80. The van der Waals surface area contributed by atoms with E-state index < -0.39 is 5.51 Å². The number of thioether (sulfide) groups is 1. The smallest absolute Gasteiger partial charge is 0.311 e. The molecule has 1 unspecified atom stereocenters. The average molecular weight is 270 g/mol. The summed E-state index contributed by atoms with van der Waals surface area (Å²) in [4.78, 5) is 2.12. The van der Waals surface area contributed by atoms with E-state index in [-0.39, 0.29) is 22.9 Å². The SMILES string of the molecule is CC(C)(C)C1CN(CCSC(F)(F)F)CCN1. The van der Waals surface area contributed by atoms with E-state index in [4.69, 9.17) is 0 Å². The minimum Gasteiger partial charge on any atom is -0.311 e. The second-order valence-corrected chi connectivity index (χ2v) is 6.63. The lowest BCUT2D eigenvalue weighted by atomic mass is 9.85. The molecule has 1 saturated heterocycles. The van der Waals surface area contributed by atoms with Crippen molar-refractivity contribution in [1.82, 2.24) is 10.2 Å². The highest BCUT2D eigenvalue weighted by Crippen LogP contribution is 2.30. The third kappa shape index (κ3) is 5.97. The van der Waals surface area contributed by atoms with Gasteiger partial charge in [-0.2, -0.15) is 13.2 Å². The van der Waals surface area contributed by atoms with Crippen molar-refractivity contribution in [1.29, 1.82) is 0 Å². The Morgan fingerprint density at radius 2 is 1.94 bits per heavy atom. The van der Waals surface area contributed by atoms with Gasteiger partial charge in [-0.1, -0.05) is 20.8 Å². The third-order valence-electron chi connectivity index (χ3n) is 2.98. The van der Waals surface area contributed by atoms with Gasteiger partial charge < -0.3 is 5.32 Å². The van der Waals surface area contributed by atoms with Gasteiger partial charge in [0.25, 0.3) is 0 Å². The van der Waals surface area contributed by atoms with Crippen LogP contribution >= 0.6 is 11.8 Å². The van der Waals surface area contributed by atoms with Gasteiger partial charge in [0, 0.05) is 38.0 Å². The number of hydrogen-bond donors (Lipinski definition) is 1. The molecule has 1 N–H and O–H groups in total. The van der Waals surface area contributed by atoms with Crippen molar-refractivity contribution in [2.75, 3.05) is 31.9 Å². The molecule has 1 rings (SSSR count). The first kappa shape index (κ1) is 15.1. The Morgan fingerprint density at radius 3 is 2.47 bits per heavy atom. The number of rotatable bonds is 3. The summed E-state index contributed by atoms with van der Waals surface area (Å²) in [6.07, 6.45) is 0. The first-order chi connectivity index (χ1) is 7.68. The lowest BCUT2D eigenvalue weighted by Gasteiger charge is -2.40. The lowest BCUT2D eigenvalue weighted by Crippen LogP contribution is -2.56. The average Bonchev–Trinajstić information content (AvgIpc) is 2.15. The monoisotopic (exact) mass is 270 g/mol. The maximum atomic E-state index is 12.0. The predicted octanol–water partition coefficient (Wildman–Crippen LogP) is 2.56. The normalized spacial score (nSPS) is 24.0. The van der Waals surface area contributed by atoms with Crippen molar-refractivity contribution in [3.05, 3.63) is 0 Å². The van der Waals surface area contributed by atoms with Gasteiger partial charge in [0.15, 0.2) is 0 Å². The number of nitrogens with one attached hydrogen (secondary N) is 1. The zero-order chi connectivity index (χ0) is 13.1. The number of hydrogen-bond acceptors (Lipinski definition) is 3. The lowest BCUT2D eigenvalue weighted by molar-refractivity contribution is -0.0329. The van der Waals surface area contributed by atoms with E-state index >= 15 is 0 Å². The second-order valence-electron chi connectivity index (χ2n) is 5.47. The Hall–Kier alpha value is 0.0600. The van der Waals surface area contributed by atoms with Crippen molar-refractivity contribution in [3.63, 3.8) is 0 Å². The summed E-state index contributed by atoms with van der Waals surface area (Å²) in [5, 5.41) is 3.42. The Bertz CT molecular complexity index is 238. The molecule has 1 heterocycles. The zero-order valence-corrected chi connectivity index (χ0v) is 11.4. The molecule has 1 aliphatic heterocycles. The molecule has 2 nitrogen and oxygen atoms in total. The molecule has 17 heavy (non-hydrogen) atoms. The van der Waals surface area contributed by atoms with Crippen molar-refractivity contribution in [2.45, 2.75) is 32.3 Å². The fourth-order valence-corrected chi connectivity index (χ4v) is 2.47. The van der Waals surface area contributed by atoms with Crippen LogP contribution in [0.1, 0.15) is 20.8 Å². The van der Waals surface area contributed by atoms with Gasteiger partial charge in [-0.05, 0) is 17.2 Å². The number of nitrogens with zero attached hydrogens (tertiary/aromatic N) is 1. The minimum atomic E-state index is -4.10. The number of halogens is 3. The van der Waals surface area contributed by atoms with Gasteiger partial charge in [0.05, 0.1) is 0 Å². The molecule has 0 radical (unpaired) electrons. The largest absolute Gasteiger partial charge is 0.441 e. The van der Waals surface area contributed by atoms with E-state index in [0.29, 0.717) is 12.6 Å². The first-order valence-electron chi connectivity index (χ1n) is 5.85. The van der Waals surface area contributed by atoms with Gasteiger partial charge in [0.1, 0.15) is 0 Å². The van der Waals surface area contributed by atoms with Gasteiger partial charge in [0.2, 0.25) is 0 Å². The maximum absolute atomic E-state index is 12.0. The van der Waals surface area contributed by atoms with E-state index in [1.807, 2.05) is 0 Å². The molecule has 0 saturated carbocycles. The van der Waals surface area contributed by atoms with Gasteiger partial charge in [-0.15, -0.1) is 0 Å². The van der Waals surface area contributed by atoms with Crippen LogP contribution in [-0.2, 0) is 0 Å². The van der Waals surface area contributed by atoms with Gasteiger partial charge in [-0.3, -0.25) is 4.90 Å². The molecule has 1 fully saturated rings. The molecule has 0 aromatic carbocycles. The summed E-state index contributed by atoms with van der Waals surface area (Å²) in [7, 11) is 0. The highest BCUT2D eigenvalue weighted by Gasteiger charge is 2.31. The summed E-state index contributed by atoms with van der Waals surface area (Å²) < 4.78 is 36.0. The van der Waals surface area contributed by atoms with E-state index in [1.54, 1.807) is 0 Å². The van der Waals surface area contributed by atoms with E-state index in [9.17, 15) is 13.2 Å². The van der Waals surface area contributed by atoms with Crippen molar-refractivity contribution in [3.8, 4) is 0 Å². The summed E-state index contributed by atoms with van der Waals surface area (Å²) >= 11 is 0.0739. The van der Waals surface area contributed by atoms with Crippen LogP contribution in [0.4, 0.5) is 13.2 Å². The molecule has 0 aromatic rings. The van der Waals surface area contributed by atoms with Crippen LogP contribution in [0.5, 0.6) is 0 Å². The fraction of sp³-hybridized carbons (Fsp3) is 1.00. The summed E-state index contributed by atoms with van der Waals surface area (Å²) in [6, 6.07) is 0.354. The Balaban J connectivity index is 2.30. The van der Waals surface area contributed by atoms with Crippen molar-refractivity contribution < 1.29 is 13.2 Å². The first-order valence-corrected chi connectivity index (χ1v) is 6.83. The third-order valence-corrected chi connectivity index (χ3v) is 3.69. The number of piperazine rings is 1. The molecule has 0 amide bonds. The van der Waals surface area contributed by atoms with Crippen molar-refractivity contribution in [2.24, 2.45) is 5.41 Å². The van der Waals surface area contributed by atoms with Crippen LogP contribution in [-0.4, -0.2) is 48.4 Å². The molecule has 0 spiro atoms. The van der Waals surface area contributed by atoms with E-state index in [1.165, 1.54) is 0 Å². The fourth-order valence-electron chi connectivity index (χ4n) is 1.88. The zero-order valence-electron chi connectivity index (χ0n) is 10.6. The standard InChI is InChI=1S/C11H21F3N2S/c1-10(2,3)9-8-16(5-4-15-9)6-7-17-11(12,13)14/h9,15H,4-8H2,1-3H3. The molecule has 0 aromatic heterocycles. The van der Waals surface area contributed by atoms with Gasteiger partial charge >= 0.3 is 5.51 Å². The van der Waals surface area contributed by atoms with Crippen LogP contribution < -0.4 is 5.32 Å². The Kier molecular flexibility index (Phi) is 5.16. The molecule has 102 valence electrons. The van der Waals surface area contributed by atoms with Crippen LogP contribution in [0.2, 0.25) is 0 Å². The van der Waals surface area contributed by atoms with Crippen LogP contribution in [0, 0.1) is 5.41 Å². The van der Waals surface area contributed by atoms with Crippen LogP contribution in [0.15, 0.2) is 0 Å². The van der Waals surface area contributed by atoms with Gasteiger partial charge in [-0.25, -0.2) is 0 Å². The van der Waals surface area contributed by atoms with Crippen molar-refractivity contribution >= 4 is 11.8 Å². The molecule has 0 bridgehead atoms. The highest BCUT2D eigenvalue weighted by atomic mass is 32.2. The van der Waals surface area contributed by atoms with Crippen LogP contribution in [0.25, 0.3) is 0 Å². The number of alkyl halides is 3. The summed E-state index contributed by atoms with van der Waals surface area (Å²) in [6.45, 7) is 9.50. The topological polar surface area (TPSA) is 15.3 Å². The van der Waals surface area contributed by atoms with E-state index in [2.05, 4.69) is 31.0 Å². The highest BCUT2D eigenvalue weighted by molar-refractivity contribution is 8.00. The van der Waals surface area contributed by atoms with E-state index in [0.717, 1.165) is 19.6 Å². The van der Waals surface area contributed by atoms with Crippen LogP contribution in [0.3, 0.4) is 0 Å². The molecule has 6 heteroatoms. The maximum Gasteiger partial charge on any atom is 0.441 e. The molecular weight excluding hydrogens is 249 g/mol. The molecule has 1 aliphatic rings. The summed E-state index contributed by atoms with van der Waals surface area (Å²) in [5.41, 5.74) is -3.95. The molecule has 0 aliphatic carbocycles. The Labute approximate surface area is 105 Å². The predicted molar refractivity (Wildman–Crippen MR) is 66.2 cm³/mol. The minimum absolute atomic E-state index is 0.0739.